The Bertz CT molecular complexity index is 2730. The topological polar surface area (TPSA) is 51.8 Å². The molecule has 2 heterocycles. The van der Waals surface area contributed by atoms with Gasteiger partial charge < -0.3 is 4.42 Å². The average molecular weight is 600 g/mol. The van der Waals surface area contributed by atoms with E-state index in [1.54, 1.807) is 0 Å². The molecule has 0 fully saturated rings. The van der Waals surface area contributed by atoms with E-state index >= 15 is 0 Å². The Hall–Kier alpha value is -6.39. The first-order valence-electron chi connectivity index (χ1n) is 15.8. The molecule has 2 aromatic heterocycles. The second-order valence-corrected chi connectivity index (χ2v) is 12.0. The van der Waals surface area contributed by atoms with Gasteiger partial charge in [-0.3, -0.25) is 0 Å². The van der Waals surface area contributed by atoms with E-state index in [-0.39, 0.29) is 0 Å². The Morgan fingerprint density at radius 3 is 1.43 bits per heavy atom. The lowest BCUT2D eigenvalue weighted by Crippen LogP contribution is -2.00. The molecule has 218 valence electrons. The summed E-state index contributed by atoms with van der Waals surface area (Å²) < 4.78 is 6.25. The summed E-state index contributed by atoms with van der Waals surface area (Å²) in [5.41, 5.74) is 4.44. The lowest BCUT2D eigenvalue weighted by molar-refractivity contribution is 0.669. The number of benzene rings is 8. The van der Waals surface area contributed by atoms with Gasteiger partial charge in [0.05, 0.1) is 0 Å². The molecule has 47 heavy (non-hydrogen) atoms. The second kappa shape index (κ2) is 10.1. The van der Waals surface area contributed by atoms with Gasteiger partial charge in [-0.15, -0.1) is 0 Å². The molecule has 0 radical (unpaired) electrons. The highest BCUT2D eigenvalue weighted by Gasteiger charge is 2.18. The molecule has 10 aromatic rings. The zero-order valence-electron chi connectivity index (χ0n) is 25.2. The molecule has 0 unspecified atom stereocenters. The van der Waals surface area contributed by atoms with Crippen molar-refractivity contribution in [1.82, 2.24) is 15.0 Å². The van der Waals surface area contributed by atoms with Gasteiger partial charge in [-0.1, -0.05) is 127 Å². The molecule has 0 atom stereocenters. The SMILES string of the molecule is c1ccc2c(c1)ccc1ccc(-c3nc(-c4ccc5ccc6ccccc6c5c4)nc(-c4cccc5oc6ccccc6c45)n3)cc12. The molecule has 0 bridgehead atoms. The first-order chi connectivity index (χ1) is 23.3. The monoisotopic (exact) mass is 599 g/mol. The molecule has 0 aliphatic carbocycles. The maximum absolute atomic E-state index is 6.25. The molecule has 0 saturated carbocycles. The Balaban J connectivity index is 1.25. The van der Waals surface area contributed by atoms with Crippen molar-refractivity contribution in [2.75, 3.05) is 0 Å². The maximum Gasteiger partial charge on any atom is 0.164 e. The van der Waals surface area contributed by atoms with Crippen LogP contribution in [0.2, 0.25) is 0 Å². The molecular formula is C43H25N3O. The molecule has 0 saturated heterocycles. The highest BCUT2D eigenvalue weighted by Crippen LogP contribution is 2.37. The van der Waals surface area contributed by atoms with Gasteiger partial charge in [0.15, 0.2) is 17.5 Å². The van der Waals surface area contributed by atoms with Gasteiger partial charge in [0.2, 0.25) is 0 Å². The third kappa shape index (κ3) is 4.12. The van der Waals surface area contributed by atoms with E-state index in [9.17, 15) is 0 Å². The molecule has 4 heteroatoms. The van der Waals surface area contributed by atoms with E-state index in [1.165, 1.54) is 43.1 Å². The number of nitrogens with zero attached hydrogens (tertiary/aromatic N) is 3. The summed E-state index contributed by atoms with van der Waals surface area (Å²) in [6.45, 7) is 0. The molecule has 0 aliphatic rings. The van der Waals surface area contributed by atoms with Crippen molar-refractivity contribution in [3.63, 3.8) is 0 Å². The number of rotatable bonds is 3. The molecule has 0 aliphatic heterocycles. The summed E-state index contributed by atoms with van der Waals surface area (Å²) in [4.78, 5) is 15.5. The van der Waals surface area contributed by atoms with Crippen LogP contribution in [0.1, 0.15) is 0 Å². The lowest BCUT2D eigenvalue weighted by atomic mass is 9.99. The van der Waals surface area contributed by atoms with Gasteiger partial charge in [0.1, 0.15) is 11.2 Å². The molecular weight excluding hydrogens is 574 g/mol. The summed E-state index contributed by atoms with van der Waals surface area (Å²) in [6.07, 6.45) is 0. The highest BCUT2D eigenvalue weighted by atomic mass is 16.3. The van der Waals surface area contributed by atoms with Crippen molar-refractivity contribution in [2.24, 2.45) is 0 Å². The maximum atomic E-state index is 6.25. The van der Waals surface area contributed by atoms with Gasteiger partial charge in [0, 0.05) is 27.5 Å². The van der Waals surface area contributed by atoms with Crippen LogP contribution in [-0.2, 0) is 0 Å². The normalized spacial score (nSPS) is 11.8. The average Bonchev–Trinajstić information content (AvgIpc) is 3.53. The van der Waals surface area contributed by atoms with E-state index < -0.39 is 0 Å². The predicted molar refractivity (Wildman–Crippen MR) is 193 cm³/mol. The smallest absolute Gasteiger partial charge is 0.164 e. The number of hydrogen-bond acceptors (Lipinski definition) is 4. The summed E-state index contributed by atoms with van der Waals surface area (Å²) in [6, 6.07) is 52.9. The minimum absolute atomic E-state index is 0.609. The fraction of sp³-hybridized carbons (Fsp3) is 0. The molecule has 0 spiro atoms. The van der Waals surface area contributed by atoms with Crippen LogP contribution < -0.4 is 0 Å². The predicted octanol–water partition coefficient (Wildman–Crippen LogP) is 11.4. The van der Waals surface area contributed by atoms with E-state index in [0.717, 1.165) is 38.6 Å². The first-order valence-corrected chi connectivity index (χ1v) is 15.8. The molecule has 0 N–H and O–H groups in total. The zero-order chi connectivity index (χ0) is 30.9. The van der Waals surface area contributed by atoms with Crippen molar-refractivity contribution in [1.29, 1.82) is 0 Å². The van der Waals surface area contributed by atoms with Gasteiger partial charge in [-0.05, 0) is 67.4 Å². The zero-order valence-corrected chi connectivity index (χ0v) is 25.2. The van der Waals surface area contributed by atoms with Crippen molar-refractivity contribution in [3.05, 3.63) is 152 Å². The number of para-hydroxylation sites is 1. The van der Waals surface area contributed by atoms with Crippen molar-refractivity contribution < 1.29 is 4.42 Å². The van der Waals surface area contributed by atoms with E-state index in [2.05, 4.69) is 121 Å². The fourth-order valence-corrected chi connectivity index (χ4v) is 7.00. The first kappa shape index (κ1) is 25.9. The third-order valence-corrected chi connectivity index (χ3v) is 9.29. The summed E-state index contributed by atoms with van der Waals surface area (Å²) in [5, 5.41) is 11.6. The van der Waals surface area contributed by atoms with E-state index in [4.69, 9.17) is 19.4 Å². The van der Waals surface area contributed by atoms with E-state index in [0.29, 0.717) is 17.5 Å². The fourth-order valence-electron chi connectivity index (χ4n) is 7.00. The van der Waals surface area contributed by atoms with Crippen LogP contribution in [0.3, 0.4) is 0 Å². The standard InChI is InChI=1S/C43H25N3O/c1-3-10-32-26(8-1)16-18-28-20-22-30(24-36(28)32)41-44-42(31-23-21-29-19-17-27-9-2-4-11-33(27)37(29)25-31)46-43(45-41)35-13-7-15-39-40(35)34-12-5-6-14-38(34)47-39/h1-25H. The number of fused-ring (bicyclic) bond motifs is 9. The molecule has 4 nitrogen and oxygen atoms in total. The van der Waals surface area contributed by atoms with Crippen molar-refractivity contribution in [2.45, 2.75) is 0 Å². The number of aromatic nitrogens is 3. The van der Waals surface area contributed by atoms with Gasteiger partial charge in [0.25, 0.3) is 0 Å². The van der Waals surface area contributed by atoms with Crippen molar-refractivity contribution >= 4 is 65.0 Å². The van der Waals surface area contributed by atoms with Crippen LogP contribution in [0.4, 0.5) is 0 Å². The van der Waals surface area contributed by atoms with Gasteiger partial charge in [-0.25, -0.2) is 15.0 Å². The summed E-state index contributed by atoms with van der Waals surface area (Å²) >= 11 is 0. The highest BCUT2D eigenvalue weighted by molar-refractivity contribution is 6.12. The van der Waals surface area contributed by atoms with E-state index in [1.807, 2.05) is 30.3 Å². The van der Waals surface area contributed by atoms with Crippen LogP contribution in [0, 0.1) is 0 Å². The third-order valence-electron chi connectivity index (χ3n) is 9.29. The van der Waals surface area contributed by atoms with Crippen LogP contribution in [-0.4, -0.2) is 15.0 Å². The largest absolute Gasteiger partial charge is 0.456 e. The number of hydrogen-bond donors (Lipinski definition) is 0. The van der Waals surface area contributed by atoms with Crippen LogP contribution >= 0.6 is 0 Å². The Kier molecular flexibility index (Phi) is 5.54. The number of furan rings is 1. The minimum atomic E-state index is 0.609. The quantitative estimate of drug-likeness (QED) is 0.190. The second-order valence-electron chi connectivity index (χ2n) is 12.0. The van der Waals surface area contributed by atoms with Crippen LogP contribution in [0.5, 0.6) is 0 Å². The Morgan fingerprint density at radius 1 is 0.340 bits per heavy atom. The minimum Gasteiger partial charge on any atom is -0.456 e. The molecule has 0 amide bonds. The van der Waals surface area contributed by atoms with Gasteiger partial charge in [-0.2, -0.15) is 0 Å². The summed E-state index contributed by atoms with van der Waals surface area (Å²) in [7, 11) is 0. The lowest BCUT2D eigenvalue weighted by Gasteiger charge is -2.11. The Morgan fingerprint density at radius 2 is 0.809 bits per heavy atom. The molecule has 10 rings (SSSR count). The summed E-state index contributed by atoms with van der Waals surface area (Å²) in [5.74, 6) is 1.86. The molecule has 8 aromatic carbocycles. The Labute approximate surface area is 269 Å². The van der Waals surface area contributed by atoms with Crippen molar-refractivity contribution in [3.8, 4) is 34.2 Å². The van der Waals surface area contributed by atoms with Gasteiger partial charge >= 0.3 is 0 Å². The van der Waals surface area contributed by atoms with Crippen LogP contribution in [0.15, 0.2) is 156 Å². The van der Waals surface area contributed by atoms with Crippen LogP contribution in [0.25, 0.3) is 99.2 Å².